The van der Waals surface area contributed by atoms with Crippen LogP contribution >= 0.6 is 0 Å². The van der Waals surface area contributed by atoms with E-state index in [9.17, 15) is 42.3 Å². The Bertz CT molecular complexity index is 1490. The molecule has 3 atom stereocenters. The quantitative estimate of drug-likeness (QED) is 0.158. The van der Waals surface area contributed by atoms with Crippen LogP contribution < -0.4 is 27.0 Å². The molecule has 14 heteroatoms. The number of hydrogen-bond donors (Lipinski definition) is 6. The fraction of sp³-hybridized carbons (Fsp3) is 0.361. The molecule has 3 aromatic rings. The summed E-state index contributed by atoms with van der Waals surface area (Å²) in [6, 6.07) is 23.3. The summed E-state index contributed by atoms with van der Waals surface area (Å²) in [5, 5.41) is 18.3. The van der Waals surface area contributed by atoms with Crippen molar-refractivity contribution in [3.8, 4) is 11.1 Å². The number of carbonyl (C=O) groups excluding carboxylic acids is 5. The number of primary amides is 1. The molecule has 0 aliphatic heterocycles. The van der Waals surface area contributed by atoms with E-state index in [1.54, 1.807) is 24.3 Å². The molecular formula is C36H46F3N5O6. The largest absolute Gasteiger partial charge is 0.416 e. The maximum Gasteiger partial charge on any atom is 0.416 e. The maximum atomic E-state index is 12.9. The first-order chi connectivity index (χ1) is 23.6. The predicted molar refractivity (Wildman–Crippen MR) is 184 cm³/mol. The van der Waals surface area contributed by atoms with Gasteiger partial charge in [-0.3, -0.25) is 24.0 Å². The molecule has 0 bridgehead atoms. The number of benzene rings is 3. The number of aryl methyl sites for hydroxylation is 1. The minimum absolute atomic E-state index is 0.315. The van der Waals surface area contributed by atoms with Gasteiger partial charge in [0.15, 0.2) is 6.10 Å². The van der Waals surface area contributed by atoms with E-state index in [4.69, 9.17) is 5.73 Å². The SMILES string of the molecule is CCC.C[C@@H](NC(=O)CNC(=O)CNC(=O)c1ccc(-c2ccccc2)cc1)C(=O)NC(CCC(N)=O)C(O)C(F)(F)F.Cc1ccccc1. The number of aliphatic hydroxyl groups excluding tert-OH is 1. The van der Waals surface area contributed by atoms with Crippen LogP contribution in [0.5, 0.6) is 0 Å². The van der Waals surface area contributed by atoms with Gasteiger partial charge >= 0.3 is 6.18 Å². The molecule has 0 heterocycles. The average Bonchev–Trinajstić information content (AvgIpc) is 3.08. The van der Waals surface area contributed by atoms with E-state index in [1.807, 2.05) is 53.8 Å². The Balaban J connectivity index is 0.00000108. The third kappa shape index (κ3) is 17.2. The second-order valence-electron chi connectivity index (χ2n) is 11.2. The number of rotatable bonds is 13. The lowest BCUT2D eigenvalue weighted by Crippen LogP contribution is -2.55. The van der Waals surface area contributed by atoms with Crippen LogP contribution in [-0.2, 0) is 19.2 Å². The molecule has 7 N–H and O–H groups in total. The van der Waals surface area contributed by atoms with Gasteiger partial charge in [-0.15, -0.1) is 0 Å². The zero-order valence-electron chi connectivity index (χ0n) is 28.6. The number of halogens is 3. The van der Waals surface area contributed by atoms with Crippen LogP contribution in [-0.4, -0.2) is 72.1 Å². The number of hydrogen-bond acceptors (Lipinski definition) is 6. The van der Waals surface area contributed by atoms with E-state index in [1.165, 1.54) is 18.9 Å². The van der Waals surface area contributed by atoms with Gasteiger partial charge in [0.25, 0.3) is 5.91 Å². The monoisotopic (exact) mass is 701 g/mol. The molecule has 11 nitrogen and oxygen atoms in total. The molecule has 3 aromatic carbocycles. The molecule has 5 amide bonds. The van der Waals surface area contributed by atoms with Crippen molar-refractivity contribution in [1.29, 1.82) is 0 Å². The summed E-state index contributed by atoms with van der Waals surface area (Å²) >= 11 is 0. The number of amides is 5. The average molecular weight is 702 g/mol. The number of alkyl halides is 3. The summed E-state index contributed by atoms with van der Waals surface area (Å²) in [5.74, 6) is -4.06. The van der Waals surface area contributed by atoms with Gasteiger partial charge in [-0.1, -0.05) is 98.6 Å². The Morgan fingerprint density at radius 1 is 0.760 bits per heavy atom. The van der Waals surface area contributed by atoms with Crippen molar-refractivity contribution < 1.29 is 42.3 Å². The highest BCUT2D eigenvalue weighted by molar-refractivity contribution is 5.97. The second-order valence-corrected chi connectivity index (χ2v) is 11.2. The van der Waals surface area contributed by atoms with Gasteiger partial charge in [0.05, 0.1) is 19.1 Å². The van der Waals surface area contributed by atoms with Crippen LogP contribution in [0.3, 0.4) is 0 Å². The van der Waals surface area contributed by atoms with Gasteiger partial charge in [0.2, 0.25) is 23.6 Å². The van der Waals surface area contributed by atoms with E-state index in [-0.39, 0.29) is 0 Å². The number of nitrogens with two attached hydrogens (primary N) is 1. The van der Waals surface area contributed by atoms with Crippen molar-refractivity contribution in [2.75, 3.05) is 13.1 Å². The highest BCUT2D eigenvalue weighted by atomic mass is 19.4. The molecule has 0 aliphatic carbocycles. The van der Waals surface area contributed by atoms with Crippen molar-refractivity contribution in [3.63, 3.8) is 0 Å². The van der Waals surface area contributed by atoms with E-state index in [0.717, 1.165) is 11.1 Å². The van der Waals surface area contributed by atoms with Crippen molar-refractivity contribution in [2.45, 2.75) is 71.3 Å². The van der Waals surface area contributed by atoms with Gasteiger partial charge in [0.1, 0.15) is 6.04 Å². The molecule has 0 fully saturated rings. The standard InChI is InChI=1S/C26H30F3N5O6.C7H8.C3H8/c1-15(24(39)34-19(11-12-20(30)35)23(38)26(27,28)29)33-22(37)14-31-21(36)13-32-25(40)18-9-7-17(8-10-18)16-5-3-2-4-6-16;1-7-5-3-2-4-6-7;1-3-2/h2-10,15,19,23,38H,11-14H2,1H3,(H2,30,35)(H,31,36)(H,32,40)(H,33,37)(H,34,39);2-6H,1H3;3H2,1-2H3/t15-,19?,23?;;/m1../s1. The van der Waals surface area contributed by atoms with E-state index < -0.39 is 79.8 Å². The van der Waals surface area contributed by atoms with E-state index in [0.29, 0.717) is 5.56 Å². The van der Waals surface area contributed by atoms with E-state index >= 15 is 0 Å². The highest BCUT2D eigenvalue weighted by Crippen LogP contribution is 2.24. The Kier molecular flexibility index (Phi) is 19.2. The van der Waals surface area contributed by atoms with Gasteiger partial charge in [-0.05, 0) is 43.5 Å². The minimum Gasteiger partial charge on any atom is -0.382 e. The molecule has 0 saturated heterocycles. The van der Waals surface area contributed by atoms with Crippen LogP contribution in [0.25, 0.3) is 11.1 Å². The van der Waals surface area contributed by atoms with Gasteiger partial charge in [0, 0.05) is 12.0 Å². The number of nitrogens with one attached hydrogen (secondary N) is 4. The fourth-order valence-corrected chi connectivity index (χ4v) is 3.98. The summed E-state index contributed by atoms with van der Waals surface area (Å²) in [6.45, 7) is 6.47. The zero-order chi connectivity index (χ0) is 37.7. The molecule has 0 aliphatic rings. The molecule has 50 heavy (non-hydrogen) atoms. The van der Waals surface area contributed by atoms with Gasteiger partial charge < -0.3 is 32.1 Å². The topological polar surface area (TPSA) is 180 Å². The lowest BCUT2D eigenvalue weighted by atomic mass is 10.0. The summed E-state index contributed by atoms with van der Waals surface area (Å²) in [6.07, 6.45) is -7.90. The lowest BCUT2D eigenvalue weighted by molar-refractivity contribution is -0.212. The Labute approximate surface area is 290 Å². The van der Waals surface area contributed by atoms with Crippen molar-refractivity contribution in [2.24, 2.45) is 5.73 Å². The van der Waals surface area contributed by atoms with Crippen molar-refractivity contribution in [3.05, 3.63) is 96.1 Å². The molecule has 2 unspecified atom stereocenters. The van der Waals surface area contributed by atoms with E-state index in [2.05, 4.69) is 48.9 Å². The van der Waals surface area contributed by atoms with Crippen LogP contribution in [0.1, 0.15) is 56.0 Å². The van der Waals surface area contributed by atoms with Crippen molar-refractivity contribution in [1.82, 2.24) is 21.3 Å². The maximum absolute atomic E-state index is 12.9. The lowest BCUT2D eigenvalue weighted by Gasteiger charge is -2.27. The van der Waals surface area contributed by atoms with Crippen LogP contribution in [0.4, 0.5) is 13.2 Å². The molecule has 0 spiro atoms. The van der Waals surface area contributed by atoms with Gasteiger partial charge in [-0.25, -0.2) is 0 Å². The summed E-state index contributed by atoms with van der Waals surface area (Å²) in [4.78, 5) is 59.6. The first-order valence-corrected chi connectivity index (χ1v) is 15.9. The molecule has 0 aromatic heterocycles. The highest BCUT2D eigenvalue weighted by Gasteiger charge is 2.44. The summed E-state index contributed by atoms with van der Waals surface area (Å²) in [7, 11) is 0. The fourth-order valence-electron chi connectivity index (χ4n) is 3.98. The van der Waals surface area contributed by atoms with Crippen LogP contribution in [0, 0.1) is 6.92 Å². The van der Waals surface area contributed by atoms with Crippen LogP contribution in [0.15, 0.2) is 84.9 Å². The van der Waals surface area contributed by atoms with Crippen molar-refractivity contribution >= 4 is 29.5 Å². The molecular weight excluding hydrogens is 655 g/mol. The third-order valence-electron chi connectivity index (χ3n) is 6.57. The molecule has 3 rings (SSSR count). The summed E-state index contributed by atoms with van der Waals surface area (Å²) < 4.78 is 38.7. The first kappa shape index (κ1) is 42.8. The Morgan fingerprint density at radius 2 is 1.26 bits per heavy atom. The minimum atomic E-state index is -5.08. The second kappa shape index (κ2) is 22.4. The molecule has 272 valence electrons. The van der Waals surface area contributed by atoms with Crippen LogP contribution in [0.2, 0.25) is 0 Å². The van der Waals surface area contributed by atoms with Gasteiger partial charge in [-0.2, -0.15) is 13.2 Å². The number of carbonyl (C=O) groups is 5. The predicted octanol–water partition coefficient (Wildman–Crippen LogP) is 3.79. The molecule has 0 saturated carbocycles. The smallest absolute Gasteiger partial charge is 0.382 e. The Hall–Kier alpha value is -5.24. The number of aliphatic hydroxyl groups is 1. The Morgan fingerprint density at radius 3 is 1.74 bits per heavy atom. The first-order valence-electron chi connectivity index (χ1n) is 15.9. The normalized spacial score (nSPS) is 12.2. The zero-order valence-corrected chi connectivity index (χ0v) is 28.6. The molecule has 0 radical (unpaired) electrons. The third-order valence-corrected chi connectivity index (χ3v) is 6.57. The summed E-state index contributed by atoms with van der Waals surface area (Å²) in [5.41, 5.74) is 8.44.